The number of rotatable bonds is 4. The summed E-state index contributed by atoms with van der Waals surface area (Å²) in [6.07, 6.45) is 7.42. The molecule has 4 rings (SSSR count). The average molecular weight is 368 g/mol. The van der Waals surface area contributed by atoms with Gasteiger partial charge in [0.25, 0.3) is 5.91 Å². The molecule has 1 saturated heterocycles. The highest BCUT2D eigenvalue weighted by Gasteiger charge is 2.30. The Bertz CT molecular complexity index is 939. The minimum Gasteiger partial charge on any atom is -0.338 e. The number of amides is 1. The van der Waals surface area contributed by atoms with Crippen molar-refractivity contribution in [2.45, 2.75) is 32.2 Å². The molecule has 3 aromatic rings. The van der Waals surface area contributed by atoms with Crippen molar-refractivity contribution in [1.29, 1.82) is 0 Å². The Labute approximate surface area is 157 Å². The normalized spacial score (nSPS) is 17.4. The molecule has 3 aromatic heterocycles. The van der Waals surface area contributed by atoms with Gasteiger partial charge in [0.2, 0.25) is 0 Å². The van der Waals surface area contributed by atoms with E-state index in [0.29, 0.717) is 18.7 Å². The highest BCUT2D eigenvalue weighted by Crippen LogP contribution is 2.27. The molecule has 1 aliphatic rings. The van der Waals surface area contributed by atoms with Gasteiger partial charge in [-0.25, -0.2) is 0 Å². The van der Waals surface area contributed by atoms with Crippen LogP contribution in [0, 0.1) is 6.92 Å². The summed E-state index contributed by atoms with van der Waals surface area (Å²) in [4.78, 5) is 14.8. The summed E-state index contributed by atoms with van der Waals surface area (Å²) in [5.41, 5.74) is 1.44. The lowest BCUT2D eigenvalue weighted by Gasteiger charge is -2.32. The number of hydrogen-bond acceptors (Lipinski definition) is 5. The monoisotopic (exact) mass is 368 g/mol. The van der Waals surface area contributed by atoms with Crippen LogP contribution in [0.5, 0.6) is 0 Å². The molecule has 0 bridgehead atoms. The molecule has 9 nitrogen and oxygen atoms in total. The molecule has 9 heteroatoms. The maximum atomic E-state index is 12.9. The van der Waals surface area contributed by atoms with Crippen LogP contribution in [0.2, 0.25) is 0 Å². The van der Waals surface area contributed by atoms with Crippen LogP contribution in [-0.4, -0.2) is 58.2 Å². The number of likely N-dealkylation sites (tertiary alicyclic amines) is 1. The Balaban J connectivity index is 1.51. The van der Waals surface area contributed by atoms with Crippen molar-refractivity contribution in [3.8, 4) is 0 Å². The van der Waals surface area contributed by atoms with Gasteiger partial charge in [-0.3, -0.25) is 14.2 Å². The van der Waals surface area contributed by atoms with Gasteiger partial charge >= 0.3 is 0 Å². The lowest BCUT2D eigenvalue weighted by molar-refractivity contribution is 0.0702. The lowest BCUT2D eigenvalue weighted by Crippen LogP contribution is -2.39. The van der Waals surface area contributed by atoms with Crippen LogP contribution in [0.15, 0.2) is 24.7 Å². The summed E-state index contributed by atoms with van der Waals surface area (Å²) >= 11 is 0. The quantitative estimate of drug-likeness (QED) is 0.689. The van der Waals surface area contributed by atoms with E-state index in [4.69, 9.17) is 0 Å². The molecule has 1 fully saturated rings. The summed E-state index contributed by atoms with van der Waals surface area (Å²) in [5, 5.41) is 17.3. The van der Waals surface area contributed by atoms with E-state index in [0.717, 1.165) is 36.7 Å². The van der Waals surface area contributed by atoms with Gasteiger partial charge in [0.1, 0.15) is 12.4 Å². The van der Waals surface area contributed by atoms with Crippen LogP contribution in [0.25, 0.3) is 0 Å². The summed E-state index contributed by atoms with van der Waals surface area (Å²) in [6, 6.07) is 1.89. The van der Waals surface area contributed by atoms with E-state index < -0.39 is 0 Å². The van der Waals surface area contributed by atoms with Crippen LogP contribution >= 0.6 is 0 Å². The second-order valence-electron chi connectivity index (χ2n) is 7.13. The standard InChI is InChI=1S/C18H24N8O/c1-13-15(11-23(2)22-13)18(27)25-8-4-6-14(10-25)17-21-20-16(24(17)3)12-26-9-5-7-19-26/h5,7,9,11,14H,4,6,8,10,12H2,1-3H3/t14-/m0/s1. The van der Waals surface area contributed by atoms with Gasteiger partial charge in [0.15, 0.2) is 5.82 Å². The van der Waals surface area contributed by atoms with Gasteiger partial charge < -0.3 is 9.47 Å². The molecule has 1 amide bonds. The fourth-order valence-corrected chi connectivity index (χ4v) is 3.76. The molecule has 0 spiro atoms. The molecule has 0 N–H and O–H groups in total. The number of carbonyl (C=O) groups excluding carboxylic acids is 1. The van der Waals surface area contributed by atoms with E-state index in [2.05, 4.69) is 20.4 Å². The van der Waals surface area contributed by atoms with E-state index in [-0.39, 0.29) is 11.8 Å². The third-order valence-electron chi connectivity index (χ3n) is 5.18. The van der Waals surface area contributed by atoms with Crippen molar-refractivity contribution in [3.05, 3.63) is 47.6 Å². The van der Waals surface area contributed by atoms with Crippen LogP contribution in [0.1, 0.15) is 46.5 Å². The number of carbonyl (C=O) groups is 1. The third kappa shape index (κ3) is 3.36. The number of hydrogen-bond donors (Lipinski definition) is 0. The van der Waals surface area contributed by atoms with Gasteiger partial charge in [-0.05, 0) is 25.8 Å². The highest BCUT2D eigenvalue weighted by atomic mass is 16.2. The number of nitrogens with zero attached hydrogens (tertiary/aromatic N) is 8. The van der Waals surface area contributed by atoms with Gasteiger partial charge in [-0.15, -0.1) is 10.2 Å². The molecule has 0 saturated carbocycles. The molecular weight excluding hydrogens is 344 g/mol. The molecule has 1 aliphatic heterocycles. The number of aryl methyl sites for hydroxylation is 2. The summed E-state index contributed by atoms with van der Waals surface area (Å²) in [5.74, 6) is 2.02. The van der Waals surface area contributed by atoms with Crippen molar-refractivity contribution in [2.24, 2.45) is 14.1 Å². The van der Waals surface area contributed by atoms with Gasteiger partial charge in [-0.2, -0.15) is 10.2 Å². The second-order valence-corrected chi connectivity index (χ2v) is 7.13. The second kappa shape index (κ2) is 6.98. The minimum atomic E-state index is 0.0456. The highest BCUT2D eigenvalue weighted by molar-refractivity contribution is 5.95. The van der Waals surface area contributed by atoms with E-state index in [1.54, 1.807) is 17.1 Å². The maximum absolute atomic E-state index is 12.9. The van der Waals surface area contributed by atoms with E-state index in [1.807, 2.05) is 47.4 Å². The molecule has 0 aliphatic carbocycles. The Morgan fingerprint density at radius 1 is 1.30 bits per heavy atom. The molecule has 4 heterocycles. The average Bonchev–Trinajstić information content (AvgIpc) is 3.37. The largest absolute Gasteiger partial charge is 0.338 e. The Morgan fingerprint density at radius 2 is 2.15 bits per heavy atom. The molecular formula is C18H24N8O. The zero-order chi connectivity index (χ0) is 19.0. The van der Waals surface area contributed by atoms with Crippen LogP contribution in [0.3, 0.4) is 0 Å². The number of aromatic nitrogens is 7. The molecule has 1 atom stereocenters. The fourth-order valence-electron chi connectivity index (χ4n) is 3.76. The molecule has 0 aromatic carbocycles. The summed E-state index contributed by atoms with van der Waals surface area (Å²) in [6.45, 7) is 3.88. The lowest BCUT2D eigenvalue weighted by atomic mass is 9.96. The first-order valence-electron chi connectivity index (χ1n) is 9.18. The molecule has 142 valence electrons. The zero-order valence-electron chi connectivity index (χ0n) is 15.9. The maximum Gasteiger partial charge on any atom is 0.257 e. The van der Waals surface area contributed by atoms with Crippen LogP contribution in [-0.2, 0) is 20.6 Å². The molecule has 0 unspecified atom stereocenters. The third-order valence-corrected chi connectivity index (χ3v) is 5.18. The number of piperidine rings is 1. The minimum absolute atomic E-state index is 0.0456. The Morgan fingerprint density at radius 3 is 2.85 bits per heavy atom. The van der Waals surface area contributed by atoms with Gasteiger partial charge in [0.05, 0.1) is 11.3 Å². The first kappa shape index (κ1) is 17.4. The smallest absolute Gasteiger partial charge is 0.257 e. The Kier molecular flexibility index (Phi) is 4.51. The van der Waals surface area contributed by atoms with Crippen molar-refractivity contribution >= 4 is 5.91 Å². The summed E-state index contributed by atoms with van der Waals surface area (Å²) in [7, 11) is 3.82. The van der Waals surface area contributed by atoms with Crippen molar-refractivity contribution in [1.82, 2.24) is 39.2 Å². The molecule has 27 heavy (non-hydrogen) atoms. The van der Waals surface area contributed by atoms with Crippen molar-refractivity contribution in [3.63, 3.8) is 0 Å². The van der Waals surface area contributed by atoms with E-state index in [9.17, 15) is 4.79 Å². The summed E-state index contributed by atoms with van der Waals surface area (Å²) < 4.78 is 5.56. The van der Waals surface area contributed by atoms with E-state index >= 15 is 0 Å². The van der Waals surface area contributed by atoms with Crippen molar-refractivity contribution < 1.29 is 4.79 Å². The first-order valence-corrected chi connectivity index (χ1v) is 9.18. The van der Waals surface area contributed by atoms with Gasteiger partial charge in [-0.1, -0.05) is 0 Å². The molecule has 0 radical (unpaired) electrons. The van der Waals surface area contributed by atoms with E-state index in [1.165, 1.54) is 0 Å². The predicted molar refractivity (Wildman–Crippen MR) is 98.2 cm³/mol. The van der Waals surface area contributed by atoms with Gasteiger partial charge in [0, 0.05) is 51.7 Å². The SMILES string of the molecule is Cc1nn(C)cc1C(=O)N1CCC[C@H](c2nnc(Cn3cccn3)n2C)C1. The predicted octanol–water partition coefficient (Wildman–Crippen LogP) is 1.12. The first-order chi connectivity index (χ1) is 13.0. The van der Waals surface area contributed by atoms with Crippen LogP contribution < -0.4 is 0 Å². The van der Waals surface area contributed by atoms with Crippen LogP contribution in [0.4, 0.5) is 0 Å². The fraction of sp³-hybridized carbons (Fsp3) is 0.500. The van der Waals surface area contributed by atoms with Crippen molar-refractivity contribution in [2.75, 3.05) is 13.1 Å². The zero-order valence-corrected chi connectivity index (χ0v) is 15.9. The topological polar surface area (TPSA) is 86.7 Å². The Hall–Kier alpha value is -2.97.